The Morgan fingerprint density at radius 2 is 1.93 bits per heavy atom. The maximum absolute atomic E-state index is 9.32. The van der Waals surface area contributed by atoms with Crippen molar-refractivity contribution in [2.45, 2.75) is 52.6 Å². The Kier molecular flexibility index (Phi) is 11.8. The number of guanidine groups is 1. The van der Waals surface area contributed by atoms with Gasteiger partial charge in [0.1, 0.15) is 12.4 Å². The van der Waals surface area contributed by atoms with E-state index in [0.29, 0.717) is 12.5 Å². The molecule has 0 bridgehead atoms. The average molecular weight is 514 g/mol. The van der Waals surface area contributed by atoms with Gasteiger partial charge in [-0.1, -0.05) is 43.7 Å². The number of aromatic nitrogens is 3. The number of nitrogens with zero attached hydrogens (tertiary/aromatic N) is 4. The lowest BCUT2D eigenvalue weighted by molar-refractivity contribution is 0.251. The molecule has 1 heterocycles. The van der Waals surface area contributed by atoms with E-state index in [0.717, 1.165) is 43.4 Å². The predicted octanol–water partition coefficient (Wildman–Crippen LogP) is 3.34. The summed E-state index contributed by atoms with van der Waals surface area (Å²) in [5.74, 6) is 2.87. The molecule has 0 saturated carbocycles. The fraction of sp³-hybridized carbons (Fsp3) is 0.571. The van der Waals surface area contributed by atoms with Gasteiger partial charge in [-0.3, -0.25) is 0 Å². The first-order valence-corrected chi connectivity index (χ1v) is 10.1. The van der Waals surface area contributed by atoms with Crippen LogP contribution in [0.2, 0.25) is 0 Å². The summed E-state index contributed by atoms with van der Waals surface area (Å²) < 4.78 is 1.95. The van der Waals surface area contributed by atoms with Crippen LogP contribution in [0.1, 0.15) is 56.4 Å². The van der Waals surface area contributed by atoms with E-state index in [1.165, 1.54) is 5.56 Å². The first-order chi connectivity index (χ1) is 13.5. The molecule has 2 aromatic rings. The first kappa shape index (κ1) is 25.4. The van der Waals surface area contributed by atoms with Crippen LogP contribution in [0.3, 0.4) is 0 Å². The van der Waals surface area contributed by atoms with Gasteiger partial charge in [0.25, 0.3) is 0 Å². The monoisotopic (exact) mass is 514 g/mol. The Hall–Kier alpha value is -1.68. The third-order valence-electron chi connectivity index (χ3n) is 5.01. The SMILES string of the molecule is CCCC(CCO)CNC(=NCc1nnc(C)n1C)NC(C)c1ccccc1.I. The van der Waals surface area contributed by atoms with Gasteiger partial charge in [-0.2, -0.15) is 0 Å². The molecule has 1 aromatic heterocycles. The normalized spacial score (nSPS) is 13.5. The number of aliphatic imine (C=N–C) groups is 1. The highest BCUT2D eigenvalue weighted by Gasteiger charge is 2.12. The molecule has 7 nitrogen and oxygen atoms in total. The summed E-state index contributed by atoms with van der Waals surface area (Å²) in [5.41, 5.74) is 1.20. The smallest absolute Gasteiger partial charge is 0.192 e. The number of hydrogen-bond acceptors (Lipinski definition) is 4. The molecule has 1 aromatic carbocycles. The lowest BCUT2D eigenvalue weighted by Crippen LogP contribution is -2.41. The van der Waals surface area contributed by atoms with E-state index in [4.69, 9.17) is 4.99 Å². The summed E-state index contributed by atoms with van der Waals surface area (Å²) in [5, 5.41) is 24.6. The van der Waals surface area contributed by atoms with Gasteiger partial charge in [0.2, 0.25) is 0 Å². The van der Waals surface area contributed by atoms with Crippen molar-refractivity contribution in [3.63, 3.8) is 0 Å². The molecular weight excluding hydrogens is 479 g/mol. The van der Waals surface area contributed by atoms with Gasteiger partial charge >= 0.3 is 0 Å². The van der Waals surface area contributed by atoms with Gasteiger partial charge in [0.15, 0.2) is 11.8 Å². The molecule has 0 fully saturated rings. The number of halogens is 1. The van der Waals surface area contributed by atoms with Crippen molar-refractivity contribution in [3.05, 3.63) is 47.5 Å². The molecule has 3 N–H and O–H groups in total. The number of rotatable bonds is 10. The van der Waals surface area contributed by atoms with Crippen LogP contribution in [0, 0.1) is 12.8 Å². The topological polar surface area (TPSA) is 87.4 Å². The highest BCUT2D eigenvalue weighted by Crippen LogP contribution is 2.12. The van der Waals surface area contributed by atoms with Crippen LogP contribution < -0.4 is 10.6 Å². The minimum atomic E-state index is 0. The second kappa shape index (κ2) is 13.5. The van der Waals surface area contributed by atoms with E-state index < -0.39 is 0 Å². The zero-order valence-corrected chi connectivity index (χ0v) is 20.3. The molecule has 2 unspecified atom stereocenters. The number of benzene rings is 1. The van der Waals surface area contributed by atoms with E-state index in [1.807, 2.05) is 36.7 Å². The number of aliphatic hydroxyl groups is 1. The largest absolute Gasteiger partial charge is 0.396 e. The van der Waals surface area contributed by atoms with Crippen LogP contribution in [0.15, 0.2) is 35.3 Å². The minimum Gasteiger partial charge on any atom is -0.396 e. The van der Waals surface area contributed by atoms with Gasteiger partial charge < -0.3 is 20.3 Å². The van der Waals surface area contributed by atoms with E-state index >= 15 is 0 Å². The molecule has 8 heteroatoms. The Labute approximate surface area is 191 Å². The van der Waals surface area contributed by atoms with Crippen LogP contribution in [-0.4, -0.2) is 39.0 Å². The van der Waals surface area contributed by atoms with Crippen molar-refractivity contribution in [2.75, 3.05) is 13.2 Å². The number of aliphatic hydroxyl groups excluding tert-OH is 1. The molecule has 29 heavy (non-hydrogen) atoms. The molecule has 0 aliphatic heterocycles. The molecule has 0 radical (unpaired) electrons. The van der Waals surface area contributed by atoms with Gasteiger partial charge in [-0.05, 0) is 38.2 Å². The van der Waals surface area contributed by atoms with Crippen LogP contribution in [0.5, 0.6) is 0 Å². The van der Waals surface area contributed by atoms with E-state index in [-0.39, 0.29) is 36.6 Å². The zero-order chi connectivity index (χ0) is 20.4. The fourth-order valence-electron chi connectivity index (χ4n) is 3.10. The maximum atomic E-state index is 9.32. The van der Waals surface area contributed by atoms with Crippen LogP contribution in [-0.2, 0) is 13.6 Å². The molecule has 0 amide bonds. The summed E-state index contributed by atoms with van der Waals surface area (Å²) in [6.45, 7) is 7.66. The molecule has 2 rings (SSSR count). The van der Waals surface area contributed by atoms with Gasteiger partial charge in [0, 0.05) is 20.2 Å². The van der Waals surface area contributed by atoms with Crippen molar-refractivity contribution < 1.29 is 5.11 Å². The van der Waals surface area contributed by atoms with Crippen molar-refractivity contribution >= 4 is 29.9 Å². The van der Waals surface area contributed by atoms with E-state index in [9.17, 15) is 5.11 Å². The van der Waals surface area contributed by atoms with Gasteiger partial charge in [-0.25, -0.2) is 4.99 Å². The lowest BCUT2D eigenvalue weighted by Gasteiger charge is -2.21. The van der Waals surface area contributed by atoms with E-state index in [2.05, 4.69) is 46.8 Å². The fourth-order valence-corrected chi connectivity index (χ4v) is 3.10. The highest BCUT2D eigenvalue weighted by molar-refractivity contribution is 14.0. The highest BCUT2D eigenvalue weighted by atomic mass is 127. The molecule has 0 aliphatic carbocycles. The summed E-state index contributed by atoms with van der Waals surface area (Å²) in [6.07, 6.45) is 2.98. The van der Waals surface area contributed by atoms with Crippen LogP contribution in [0.4, 0.5) is 0 Å². The Bertz CT molecular complexity index is 728. The van der Waals surface area contributed by atoms with Crippen LogP contribution in [0.25, 0.3) is 0 Å². The number of hydrogen-bond donors (Lipinski definition) is 3. The minimum absolute atomic E-state index is 0. The summed E-state index contributed by atoms with van der Waals surface area (Å²) in [4.78, 5) is 4.73. The Balaban J connectivity index is 0.00000420. The van der Waals surface area contributed by atoms with Crippen LogP contribution >= 0.6 is 24.0 Å². The second-order valence-electron chi connectivity index (χ2n) is 7.21. The second-order valence-corrected chi connectivity index (χ2v) is 7.21. The van der Waals surface area contributed by atoms with Crippen molar-refractivity contribution in [1.82, 2.24) is 25.4 Å². The number of nitrogens with one attached hydrogen (secondary N) is 2. The molecule has 2 atom stereocenters. The van der Waals surface area contributed by atoms with Gasteiger partial charge in [-0.15, -0.1) is 34.2 Å². The van der Waals surface area contributed by atoms with Crippen molar-refractivity contribution in [2.24, 2.45) is 18.0 Å². The maximum Gasteiger partial charge on any atom is 0.192 e. The summed E-state index contributed by atoms with van der Waals surface area (Å²) >= 11 is 0. The third kappa shape index (κ3) is 8.30. The molecule has 0 saturated heterocycles. The van der Waals surface area contributed by atoms with E-state index in [1.54, 1.807) is 0 Å². The molecule has 0 aliphatic rings. The summed E-state index contributed by atoms with van der Waals surface area (Å²) in [6, 6.07) is 10.4. The molecule has 0 spiro atoms. The van der Waals surface area contributed by atoms with Crippen molar-refractivity contribution in [1.29, 1.82) is 0 Å². The average Bonchev–Trinajstić information content (AvgIpc) is 3.02. The standard InChI is InChI=1S/C21H34N6O.HI/c1-5-9-18(12-13-28)14-22-21(23-15-20-26-25-17(3)27(20)4)24-16(2)19-10-7-6-8-11-19;/h6-8,10-11,16,18,28H,5,9,12-15H2,1-4H3,(H2,22,23,24);1H. The first-order valence-electron chi connectivity index (χ1n) is 10.1. The Morgan fingerprint density at radius 1 is 1.21 bits per heavy atom. The quantitative estimate of drug-likeness (QED) is 0.257. The molecular formula is C21H35IN6O. The van der Waals surface area contributed by atoms with Gasteiger partial charge in [0.05, 0.1) is 6.04 Å². The number of aryl methyl sites for hydroxylation is 1. The Morgan fingerprint density at radius 3 is 2.52 bits per heavy atom. The summed E-state index contributed by atoms with van der Waals surface area (Å²) in [7, 11) is 1.95. The van der Waals surface area contributed by atoms with Crippen molar-refractivity contribution in [3.8, 4) is 0 Å². The third-order valence-corrected chi connectivity index (χ3v) is 5.01. The lowest BCUT2D eigenvalue weighted by atomic mass is 10.0. The zero-order valence-electron chi connectivity index (χ0n) is 17.9. The molecule has 162 valence electrons. The predicted molar refractivity (Wildman–Crippen MR) is 128 cm³/mol.